The molecule has 1 heterocycles. The number of carbonyl (C=O) groups is 2. The molecule has 2 aromatic carbocycles. The van der Waals surface area contributed by atoms with Gasteiger partial charge >= 0.3 is 6.03 Å². The molecule has 3 rings (SSSR count). The highest BCUT2D eigenvalue weighted by molar-refractivity contribution is 6.07. The summed E-state index contributed by atoms with van der Waals surface area (Å²) < 4.78 is 5.75. The van der Waals surface area contributed by atoms with Gasteiger partial charge in [0.1, 0.15) is 17.9 Å². The highest BCUT2D eigenvalue weighted by atomic mass is 16.5. The summed E-state index contributed by atoms with van der Waals surface area (Å²) in [5, 5.41) is 4.90. The van der Waals surface area contributed by atoms with Gasteiger partial charge in [-0.05, 0) is 30.2 Å². The molecule has 0 saturated carbocycles. The molecule has 1 unspecified atom stereocenters. The van der Waals surface area contributed by atoms with Gasteiger partial charge in [0.25, 0.3) is 5.91 Å². The smallest absolute Gasteiger partial charge is 0.322 e. The highest BCUT2D eigenvalue weighted by Crippen LogP contribution is 2.27. The lowest BCUT2D eigenvalue weighted by Gasteiger charge is -2.21. The topological polar surface area (TPSA) is 67.4 Å². The first-order valence-corrected chi connectivity index (χ1v) is 6.99. The van der Waals surface area contributed by atoms with Crippen molar-refractivity contribution in [1.82, 2.24) is 10.6 Å². The number of carbonyl (C=O) groups excluding carboxylic acids is 2. The van der Waals surface area contributed by atoms with E-state index in [0.29, 0.717) is 17.9 Å². The molecule has 1 aliphatic rings. The van der Waals surface area contributed by atoms with Crippen LogP contribution in [0.3, 0.4) is 0 Å². The van der Waals surface area contributed by atoms with Crippen molar-refractivity contribution in [3.8, 4) is 5.75 Å². The largest absolute Gasteiger partial charge is 0.489 e. The molecule has 1 atom stereocenters. The second-order valence-electron chi connectivity index (χ2n) is 5.34. The van der Waals surface area contributed by atoms with E-state index in [1.54, 1.807) is 25.1 Å². The Morgan fingerprint density at radius 1 is 1.05 bits per heavy atom. The van der Waals surface area contributed by atoms with Gasteiger partial charge in [-0.15, -0.1) is 0 Å². The molecule has 1 saturated heterocycles. The van der Waals surface area contributed by atoms with Crippen LogP contribution in [0.1, 0.15) is 18.1 Å². The molecule has 2 N–H and O–H groups in total. The molecular formula is C17H16N2O3. The van der Waals surface area contributed by atoms with Crippen LogP contribution in [0, 0.1) is 0 Å². The minimum absolute atomic E-state index is 0.363. The molecule has 0 bridgehead atoms. The first-order chi connectivity index (χ1) is 10.6. The molecular weight excluding hydrogens is 280 g/mol. The van der Waals surface area contributed by atoms with Crippen molar-refractivity contribution in [1.29, 1.82) is 0 Å². The Labute approximate surface area is 128 Å². The Balaban J connectivity index is 1.78. The second kappa shape index (κ2) is 5.52. The normalized spacial score (nSPS) is 20.4. The molecule has 0 aromatic heterocycles. The number of nitrogens with one attached hydrogen (secondary N) is 2. The Hall–Kier alpha value is -2.82. The summed E-state index contributed by atoms with van der Waals surface area (Å²) in [5.74, 6) is 0.286. The number of imide groups is 1. The van der Waals surface area contributed by atoms with Crippen molar-refractivity contribution in [2.45, 2.75) is 19.1 Å². The van der Waals surface area contributed by atoms with Gasteiger partial charge in [-0.3, -0.25) is 10.1 Å². The van der Waals surface area contributed by atoms with Crippen LogP contribution in [-0.2, 0) is 16.9 Å². The SMILES string of the molecule is CC1(c2cccc(OCc3ccccc3)c2)NC(=O)NC1=O. The third kappa shape index (κ3) is 2.65. The molecule has 3 amide bonds. The number of benzene rings is 2. The van der Waals surface area contributed by atoms with E-state index < -0.39 is 11.6 Å². The molecule has 0 spiro atoms. The van der Waals surface area contributed by atoms with Gasteiger partial charge in [-0.1, -0.05) is 42.5 Å². The van der Waals surface area contributed by atoms with E-state index >= 15 is 0 Å². The molecule has 0 aliphatic carbocycles. The van der Waals surface area contributed by atoms with Crippen LogP contribution in [0.2, 0.25) is 0 Å². The van der Waals surface area contributed by atoms with E-state index in [9.17, 15) is 9.59 Å². The van der Waals surface area contributed by atoms with Crippen LogP contribution >= 0.6 is 0 Å². The zero-order valence-corrected chi connectivity index (χ0v) is 12.1. The fraction of sp³-hybridized carbons (Fsp3) is 0.176. The van der Waals surface area contributed by atoms with E-state index in [-0.39, 0.29) is 5.91 Å². The van der Waals surface area contributed by atoms with Crippen molar-refractivity contribution in [3.05, 3.63) is 65.7 Å². The third-order valence-electron chi connectivity index (χ3n) is 3.70. The van der Waals surface area contributed by atoms with Crippen LogP contribution in [0.15, 0.2) is 54.6 Å². The lowest BCUT2D eigenvalue weighted by molar-refractivity contribution is -0.123. The maximum atomic E-state index is 12.0. The summed E-state index contributed by atoms with van der Waals surface area (Å²) in [4.78, 5) is 23.3. The van der Waals surface area contributed by atoms with Crippen molar-refractivity contribution >= 4 is 11.9 Å². The molecule has 1 aliphatic heterocycles. The summed E-state index contributed by atoms with van der Waals surface area (Å²) in [6.07, 6.45) is 0. The second-order valence-corrected chi connectivity index (χ2v) is 5.34. The molecule has 22 heavy (non-hydrogen) atoms. The molecule has 5 nitrogen and oxygen atoms in total. The van der Waals surface area contributed by atoms with E-state index in [2.05, 4.69) is 10.6 Å². The number of urea groups is 1. The quantitative estimate of drug-likeness (QED) is 0.851. The maximum Gasteiger partial charge on any atom is 0.322 e. The number of hydrogen-bond acceptors (Lipinski definition) is 3. The fourth-order valence-electron chi connectivity index (χ4n) is 2.38. The lowest BCUT2D eigenvalue weighted by Crippen LogP contribution is -2.40. The van der Waals surface area contributed by atoms with Crippen LogP contribution in [0.5, 0.6) is 5.75 Å². The van der Waals surface area contributed by atoms with Crippen molar-refractivity contribution < 1.29 is 14.3 Å². The number of amides is 3. The monoisotopic (exact) mass is 296 g/mol. The molecule has 5 heteroatoms. The average molecular weight is 296 g/mol. The first kappa shape index (κ1) is 14.1. The molecule has 0 radical (unpaired) electrons. The van der Waals surface area contributed by atoms with Gasteiger partial charge in [-0.2, -0.15) is 0 Å². The summed E-state index contributed by atoms with van der Waals surface area (Å²) in [6.45, 7) is 2.11. The number of hydrogen-bond donors (Lipinski definition) is 2. The Morgan fingerprint density at radius 3 is 2.50 bits per heavy atom. The van der Waals surface area contributed by atoms with Crippen LogP contribution in [0.25, 0.3) is 0 Å². The van der Waals surface area contributed by atoms with E-state index in [1.165, 1.54) is 0 Å². The highest BCUT2D eigenvalue weighted by Gasteiger charge is 2.43. The molecule has 2 aromatic rings. The minimum Gasteiger partial charge on any atom is -0.489 e. The standard InChI is InChI=1S/C17H16N2O3/c1-17(15(20)18-16(21)19-17)13-8-5-9-14(10-13)22-11-12-6-3-2-4-7-12/h2-10H,11H2,1H3,(H2,18,19,20,21). The zero-order chi connectivity index (χ0) is 15.6. The minimum atomic E-state index is -1.07. The summed E-state index contributed by atoms with van der Waals surface area (Å²) >= 11 is 0. The fourth-order valence-corrected chi connectivity index (χ4v) is 2.38. The predicted molar refractivity (Wildman–Crippen MR) is 81.2 cm³/mol. The van der Waals surface area contributed by atoms with Gasteiger partial charge in [-0.25, -0.2) is 4.79 Å². The van der Waals surface area contributed by atoms with E-state index in [1.807, 2.05) is 36.4 Å². The Morgan fingerprint density at radius 2 is 1.82 bits per heavy atom. The molecule has 1 fully saturated rings. The average Bonchev–Trinajstić information content (AvgIpc) is 2.80. The third-order valence-corrected chi connectivity index (χ3v) is 3.70. The predicted octanol–water partition coefficient (Wildman–Crippen LogP) is 2.32. The van der Waals surface area contributed by atoms with Crippen LogP contribution < -0.4 is 15.4 Å². The van der Waals surface area contributed by atoms with Gasteiger partial charge < -0.3 is 10.1 Å². The molecule has 112 valence electrons. The maximum absolute atomic E-state index is 12.0. The van der Waals surface area contributed by atoms with Crippen LogP contribution in [0.4, 0.5) is 4.79 Å². The Bertz CT molecular complexity index is 715. The lowest BCUT2D eigenvalue weighted by atomic mass is 9.92. The van der Waals surface area contributed by atoms with E-state index in [0.717, 1.165) is 5.56 Å². The van der Waals surface area contributed by atoms with Crippen molar-refractivity contribution in [3.63, 3.8) is 0 Å². The van der Waals surface area contributed by atoms with Gasteiger partial charge in [0.2, 0.25) is 0 Å². The van der Waals surface area contributed by atoms with Crippen molar-refractivity contribution in [2.24, 2.45) is 0 Å². The summed E-state index contributed by atoms with van der Waals surface area (Å²) in [7, 11) is 0. The van der Waals surface area contributed by atoms with Gasteiger partial charge in [0.05, 0.1) is 0 Å². The number of ether oxygens (including phenoxy) is 1. The zero-order valence-electron chi connectivity index (χ0n) is 12.1. The van der Waals surface area contributed by atoms with E-state index in [4.69, 9.17) is 4.74 Å². The summed E-state index contributed by atoms with van der Waals surface area (Å²) in [5.41, 5.74) is 0.677. The summed E-state index contributed by atoms with van der Waals surface area (Å²) in [6, 6.07) is 16.5. The number of rotatable bonds is 4. The van der Waals surface area contributed by atoms with Crippen LogP contribution in [-0.4, -0.2) is 11.9 Å². The van der Waals surface area contributed by atoms with Gasteiger partial charge in [0, 0.05) is 0 Å². The Kier molecular flexibility index (Phi) is 3.55. The first-order valence-electron chi connectivity index (χ1n) is 6.99. The van der Waals surface area contributed by atoms with Crippen molar-refractivity contribution in [2.75, 3.05) is 0 Å². The van der Waals surface area contributed by atoms with Gasteiger partial charge in [0.15, 0.2) is 0 Å².